The number of amides is 1. The summed E-state index contributed by atoms with van der Waals surface area (Å²) in [5.74, 6) is -0.695. The molecule has 0 atom stereocenters. The molecular formula is C28H25ClN4O8. The second-order valence-electron chi connectivity index (χ2n) is 8.66. The third-order valence-corrected chi connectivity index (χ3v) is 6.04. The lowest BCUT2D eigenvalue weighted by Gasteiger charge is -2.10. The Bertz CT molecular complexity index is 1590. The monoisotopic (exact) mass is 580 g/mol. The minimum Gasteiger partial charge on any atom is -0.486 e. The zero-order valence-corrected chi connectivity index (χ0v) is 23.0. The van der Waals surface area contributed by atoms with Gasteiger partial charge in [0.15, 0.2) is 12.4 Å². The van der Waals surface area contributed by atoms with Gasteiger partial charge in [-0.3, -0.25) is 14.9 Å². The molecule has 0 saturated carbocycles. The standard InChI is InChI=1S/C28H25ClN4O8/c1-17-4-5-18(2)32(17)21-6-8-22(9-7-21)39-15-23-10-11-25(41-23)28(35)31-30-14-19-12-20(29)13-24(33(36)37)27(19)40-16-26(34)38-3/h4-14H,15-16H2,1-3H3,(H,31,35)/b30-14+. The fourth-order valence-corrected chi connectivity index (χ4v) is 4.11. The van der Waals surface area contributed by atoms with Gasteiger partial charge in [0.05, 0.1) is 18.2 Å². The third-order valence-electron chi connectivity index (χ3n) is 5.82. The molecular weight excluding hydrogens is 556 g/mol. The van der Waals surface area contributed by atoms with Crippen LogP contribution >= 0.6 is 11.6 Å². The van der Waals surface area contributed by atoms with Crippen molar-refractivity contribution in [1.82, 2.24) is 9.99 Å². The molecule has 1 N–H and O–H groups in total. The van der Waals surface area contributed by atoms with E-state index in [1.807, 2.05) is 38.1 Å². The van der Waals surface area contributed by atoms with Crippen molar-refractivity contribution in [3.8, 4) is 17.2 Å². The molecule has 2 heterocycles. The van der Waals surface area contributed by atoms with E-state index < -0.39 is 29.1 Å². The third kappa shape index (κ3) is 7.11. The van der Waals surface area contributed by atoms with Crippen LogP contribution in [0.1, 0.15) is 33.3 Å². The second kappa shape index (κ2) is 12.8. The Kier molecular flexibility index (Phi) is 9.05. The Morgan fingerprint density at radius 3 is 2.44 bits per heavy atom. The van der Waals surface area contributed by atoms with Gasteiger partial charge in [-0.25, -0.2) is 10.2 Å². The number of hydrazone groups is 1. The largest absolute Gasteiger partial charge is 0.486 e. The van der Waals surface area contributed by atoms with Crippen molar-refractivity contribution in [3.05, 3.63) is 104 Å². The number of benzene rings is 2. The zero-order valence-electron chi connectivity index (χ0n) is 22.3. The number of nitrogens with one attached hydrogen (secondary N) is 1. The number of methoxy groups -OCH3 is 1. The number of aromatic nitrogens is 1. The molecule has 2 aromatic carbocycles. The lowest BCUT2D eigenvalue weighted by Crippen LogP contribution is -2.17. The van der Waals surface area contributed by atoms with E-state index in [1.165, 1.54) is 12.1 Å². The van der Waals surface area contributed by atoms with E-state index in [9.17, 15) is 19.7 Å². The Labute approximate surface area is 239 Å². The van der Waals surface area contributed by atoms with E-state index in [4.69, 9.17) is 25.5 Å². The van der Waals surface area contributed by atoms with Gasteiger partial charge >= 0.3 is 17.6 Å². The molecule has 0 unspecified atom stereocenters. The van der Waals surface area contributed by atoms with Gasteiger partial charge in [0, 0.05) is 33.7 Å². The van der Waals surface area contributed by atoms with Gasteiger partial charge in [0.25, 0.3) is 0 Å². The van der Waals surface area contributed by atoms with Gasteiger partial charge in [-0.15, -0.1) is 0 Å². The SMILES string of the molecule is COC(=O)COc1c(/C=N/NC(=O)c2ccc(COc3ccc(-n4c(C)ccc4C)cc3)o2)cc(Cl)cc1[N+](=O)[O-]. The molecule has 13 heteroatoms. The number of nitro groups is 1. The molecule has 0 aliphatic carbocycles. The predicted octanol–water partition coefficient (Wildman–Crippen LogP) is 5.14. The summed E-state index contributed by atoms with van der Waals surface area (Å²) in [5, 5.41) is 15.3. The molecule has 41 heavy (non-hydrogen) atoms. The van der Waals surface area contributed by atoms with Crippen LogP contribution in [0.15, 0.2) is 70.2 Å². The summed E-state index contributed by atoms with van der Waals surface area (Å²) in [6, 6.07) is 17.2. The van der Waals surface area contributed by atoms with Crippen molar-refractivity contribution in [1.29, 1.82) is 0 Å². The molecule has 212 valence electrons. The van der Waals surface area contributed by atoms with E-state index in [0.29, 0.717) is 11.5 Å². The molecule has 4 rings (SSSR count). The lowest BCUT2D eigenvalue weighted by molar-refractivity contribution is -0.385. The van der Waals surface area contributed by atoms with E-state index in [1.54, 1.807) is 6.07 Å². The topological polar surface area (TPSA) is 147 Å². The molecule has 4 aromatic rings. The van der Waals surface area contributed by atoms with Crippen LogP contribution in [-0.4, -0.2) is 41.3 Å². The maximum absolute atomic E-state index is 12.5. The van der Waals surface area contributed by atoms with Crippen LogP contribution in [0.3, 0.4) is 0 Å². The van der Waals surface area contributed by atoms with E-state index in [-0.39, 0.29) is 28.7 Å². The van der Waals surface area contributed by atoms with Crippen molar-refractivity contribution in [2.45, 2.75) is 20.5 Å². The van der Waals surface area contributed by atoms with Crippen LogP contribution in [-0.2, 0) is 16.1 Å². The number of furan rings is 1. The fourth-order valence-electron chi connectivity index (χ4n) is 3.89. The van der Waals surface area contributed by atoms with Crippen molar-refractivity contribution in [3.63, 3.8) is 0 Å². The quantitative estimate of drug-likeness (QED) is 0.111. The van der Waals surface area contributed by atoms with Crippen molar-refractivity contribution < 1.29 is 33.1 Å². The Balaban J connectivity index is 1.38. The van der Waals surface area contributed by atoms with Crippen LogP contribution in [0.2, 0.25) is 5.02 Å². The first-order chi connectivity index (χ1) is 19.7. The number of hydrogen-bond donors (Lipinski definition) is 1. The summed E-state index contributed by atoms with van der Waals surface area (Å²) in [6.45, 7) is 3.58. The highest BCUT2D eigenvalue weighted by molar-refractivity contribution is 6.31. The van der Waals surface area contributed by atoms with Crippen molar-refractivity contribution >= 4 is 35.4 Å². The van der Waals surface area contributed by atoms with Gasteiger partial charge in [-0.05, 0) is 68.4 Å². The van der Waals surface area contributed by atoms with E-state index in [2.05, 4.69) is 32.0 Å². The number of aryl methyl sites for hydroxylation is 2. The maximum Gasteiger partial charge on any atom is 0.343 e. The molecule has 2 aromatic heterocycles. The van der Waals surface area contributed by atoms with Crippen molar-refractivity contribution in [2.24, 2.45) is 5.10 Å². The number of nitro benzene ring substituents is 1. The van der Waals surface area contributed by atoms with E-state index in [0.717, 1.165) is 36.5 Å². The number of carbonyl (C=O) groups excluding carboxylic acids is 2. The number of hydrogen-bond acceptors (Lipinski definition) is 9. The van der Waals surface area contributed by atoms with Crippen LogP contribution in [0.4, 0.5) is 5.69 Å². The molecule has 0 fully saturated rings. The highest BCUT2D eigenvalue weighted by atomic mass is 35.5. The first-order valence-corrected chi connectivity index (χ1v) is 12.5. The number of halogens is 1. The molecule has 12 nitrogen and oxygen atoms in total. The number of carbonyl (C=O) groups is 2. The Morgan fingerprint density at radius 2 is 1.78 bits per heavy atom. The van der Waals surface area contributed by atoms with Gasteiger partial charge in [-0.1, -0.05) is 11.6 Å². The normalized spacial score (nSPS) is 10.9. The molecule has 1 amide bonds. The first kappa shape index (κ1) is 28.9. The molecule has 0 saturated heterocycles. The fraction of sp³-hybridized carbons (Fsp3) is 0.179. The number of nitrogens with zero attached hydrogens (tertiary/aromatic N) is 3. The van der Waals surface area contributed by atoms with Crippen molar-refractivity contribution in [2.75, 3.05) is 13.7 Å². The molecule has 0 spiro atoms. The minimum absolute atomic E-state index is 0.0233. The van der Waals surface area contributed by atoms with Crippen LogP contribution in [0.25, 0.3) is 5.69 Å². The number of rotatable bonds is 11. The van der Waals surface area contributed by atoms with Crippen LogP contribution < -0.4 is 14.9 Å². The Hall–Kier alpha value is -5.10. The summed E-state index contributed by atoms with van der Waals surface area (Å²) in [4.78, 5) is 34.7. The van der Waals surface area contributed by atoms with E-state index >= 15 is 0 Å². The zero-order chi connectivity index (χ0) is 29.5. The van der Waals surface area contributed by atoms with Gasteiger partial charge < -0.3 is 23.2 Å². The molecule has 0 radical (unpaired) electrons. The van der Waals surface area contributed by atoms with Crippen LogP contribution in [0, 0.1) is 24.0 Å². The first-order valence-electron chi connectivity index (χ1n) is 12.1. The summed E-state index contributed by atoms with van der Waals surface area (Å²) in [6.07, 6.45) is 1.09. The summed E-state index contributed by atoms with van der Waals surface area (Å²) >= 11 is 5.98. The van der Waals surface area contributed by atoms with Gasteiger partial charge in [0.1, 0.15) is 18.1 Å². The minimum atomic E-state index is -0.748. The predicted molar refractivity (Wildman–Crippen MR) is 149 cm³/mol. The second-order valence-corrected chi connectivity index (χ2v) is 9.10. The number of esters is 1. The Morgan fingerprint density at radius 1 is 1.07 bits per heavy atom. The molecule has 0 aliphatic heterocycles. The van der Waals surface area contributed by atoms with Crippen LogP contribution in [0.5, 0.6) is 11.5 Å². The average molecular weight is 581 g/mol. The summed E-state index contributed by atoms with van der Waals surface area (Å²) in [5.41, 5.74) is 5.10. The average Bonchev–Trinajstić information content (AvgIpc) is 3.57. The maximum atomic E-state index is 12.5. The van der Waals surface area contributed by atoms with Gasteiger partial charge in [0.2, 0.25) is 5.75 Å². The highest BCUT2D eigenvalue weighted by Gasteiger charge is 2.22. The molecule has 0 bridgehead atoms. The number of ether oxygens (including phenoxy) is 3. The summed E-state index contributed by atoms with van der Waals surface area (Å²) < 4.78 is 23.2. The van der Waals surface area contributed by atoms with Gasteiger partial charge in [-0.2, -0.15) is 5.10 Å². The highest BCUT2D eigenvalue weighted by Crippen LogP contribution is 2.33. The smallest absolute Gasteiger partial charge is 0.343 e. The lowest BCUT2D eigenvalue weighted by atomic mass is 10.2. The molecule has 0 aliphatic rings. The summed E-state index contributed by atoms with van der Waals surface area (Å²) in [7, 11) is 1.15.